The maximum absolute atomic E-state index is 12.5. The number of nitrogens with two attached hydrogens (primary N) is 1. The van der Waals surface area contributed by atoms with E-state index < -0.39 is 16.0 Å². The Morgan fingerprint density at radius 2 is 1.77 bits per heavy atom. The summed E-state index contributed by atoms with van der Waals surface area (Å²) >= 11 is 5.99. The molecular weight excluding hydrogens is 426 g/mol. The number of hydrogen-bond acceptors (Lipinski definition) is 5. The molecule has 7 nitrogen and oxygen atoms in total. The topological polar surface area (TPSA) is 104 Å². The van der Waals surface area contributed by atoms with Gasteiger partial charge in [0.25, 0.3) is 0 Å². The third-order valence-corrected chi connectivity index (χ3v) is 5.63. The molecule has 2 aromatic carbocycles. The summed E-state index contributed by atoms with van der Waals surface area (Å²) in [6.45, 7) is 2.40. The fraction of sp³-hybridized carbons (Fsp3) is 0.238. The van der Waals surface area contributed by atoms with E-state index in [1.165, 1.54) is 12.1 Å². The lowest BCUT2D eigenvalue weighted by molar-refractivity contribution is 0.0490. The molecule has 0 unspecified atom stereocenters. The minimum absolute atomic E-state index is 0.0120. The molecule has 2 N–H and O–H groups in total. The highest BCUT2D eigenvalue weighted by Gasteiger charge is 2.18. The van der Waals surface area contributed by atoms with E-state index in [1.807, 2.05) is 12.1 Å². The van der Waals surface area contributed by atoms with Crippen LogP contribution >= 0.6 is 11.6 Å². The van der Waals surface area contributed by atoms with E-state index in [0.717, 1.165) is 24.8 Å². The van der Waals surface area contributed by atoms with Crippen molar-refractivity contribution in [2.45, 2.75) is 31.1 Å². The van der Waals surface area contributed by atoms with Crippen LogP contribution in [0, 0.1) is 0 Å². The van der Waals surface area contributed by atoms with Gasteiger partial charge in [0.2, 0.25) is 10.0 Å². The first kappa shape index (κ1) is 22.0. The molecule has 0 amide bonds. The fourth-order valence-electron chi connectivity index (χ4n) is 2.87. The second kappa shape index (κ2) is 9.42. The highest BCUT2D eigenvalue weighted by molar-refractivity contribution is 7.89. The van der Waals surface area contributed by atoms with Crippen LogP contribution in [-0.4, -0.2) is 30.8 Å². The molecule has 0 fully saturated rings. The second-order valence-electron chi connectivity index (χ2n) is 6.72. The number of unbranched alkanes of at least 4 members (excludes halogenated alkanes) is 2. The van der Waals surface area contributed by atoms with Crippen molar-refractivity contribution in [2.75, 3.05) is 6.61 Å². The zero-order valence-electron chi connectivity index (χ0n) is 16.4. The van der Waals surface area contributed by atoms with Crippen molar-refractivity contribution in [3.8, 4) is 16.9 Å². The number of benzene rings is 2. The number of carbonyl (C=O) groups excluding carboxylic acids is 1. The maximum atomic E-state index is 12.5. The normalized spacial score (nSPS) is 11.4. The number of aromatic nitrogens is 2. The summed E-state index contributed by atoms with van der Waals surface area (Å²) in [5.41, 5.74) is 2.15. The van der Waals surface area contributed by atoms with Crippen LogP contribution in [-0.2, 0) is 14.8 Å². The van der Waals surface area contributed by atoms with Crippen LogP contribution in [0.15, 0.2) is 59.5 Å². The molecule has 30 heavy (non-hydrogen) atoms. The largest absolute Gasteiger partial charge is 0.461 e. The molecule has 0 saturated heterocycles. The summed E-state index contributed by atoms with van der Waals surface area (Å²) < 4.78 is 29.9. The molecule has 0 atom stereocenters. The van der Waals surface area contributed by atoms with E-state index in [2.05, 4.69) is 12.0 Å². The number of esters is 1. The summed E-state index contributed by atoms with van der Waals surface area (Å²) in [5.74, 6) is -0.513. The lowest BCUT2D eigenvalue weighted by Crippen LogP contribution is -2.12. The van der Waals surface area contributed by atoms with Gasteiger partial charge in [-0.25, -0.2) is 23.0 Å². The molecule has 0 saturated carbocycles. The van der Waals surface area contributed by atoms with Gasteiger partial charge in [-0.15, -0.1) is 0 Å². The second-order valence-corrected chi connectivity index (χ2v) is 8.71. The Morgan fingerprint density at radius 3 is 2.37 bits per heavy atom. The number of halogens is 1. The lowest BCUT2D eigenvalue weighted by atomic mass is 10.1. The Hall–Kier alpha value is -2.68. The summed E-state index contributed by atoms with van der Waals surface area (Å²) in [5, 5.41) is 10.1. The number of ether oxygens (including phenoxy) is 1. The van der Waals surface area contributed by atoms with Gasteiger partial charge in [0.05, 0.1) is 22.9 Å². The van der Waals surface area contributed by atoms with Crippen LogP contribution in [0.25, 0.3) is 16.9 Å². The van der Waals surface area contributed by atoms with Crippen LogP contribution in [0.5, 0.6) is 0 Å². The van der Waals surface area contributed by atoms with Gasteiger partial charge in [-0.2, -0.15) is 5.10 Å². The van der Waals surface area contributed by atoms with Gasteiger partial charge in [-0.05, 0) is 48.9 Å². The Balaban J connectivity index is 1.98. The third-order valence-electron chi connectivity index (χ3n) is 4.45. The zero-order valence-corrected chi connectivity index (χ0v) is 18.0. The molecule has 0 radical (unpaired) electrons. The number of primary sulfonamides is 1. The summed E-state index contributed by atoms with van der Waals surface area (Å²) in [6.07, 6.45) is 2.80. The molecule has 0 bridgehead atoms. The summed E-state index contributed by atoms with van der Waals surface area (Å²) in [7, 11) is -3.81. The Bertz CT molecular complexity index is 1120. The van der Waals surface area contributed by atoms with Gasteiger partial charge in [0.1, 0.15) is 0 Å². The van der Waals surface area contributed by atoms with E-state index in [-0.39, 0.29) is 10.6 Å². The number of hydrogen-bond donors (Lipinski definition) is 1. The minimum atomic E-state index is -3.81. The molecule has 0 aliphatic heterocycles. The number of carbonyl (C=O) groups is 1. The van der Waals surface area contributed by atoms with Gasteiger partial charge in [0, 0.05) is 10.6 Å². The SMILES string of the molecule is CCCCCOC(=O)c1cc(-c2ccc(Cl)cc2)n(-c2ccc(S(N)(=O)=O)cc2)n1. The van der Waals surface area contributed by atoms with Crippen molar-refractivity contribution in [2.24, 2.45) is 5.14 Å². The Labute approximate surface area is 180 Å². The molecule has 3 rings (SSSR count). The Kier molecular flexibility index (Phi) is 6.91. The van der Waals surface area contributed by atoms with Crippen molar-refractivity contribution in [1.82, 2.24) is 9.78 Å². The third kappa shape index (κ3) is 5.27. The van der Waals surface area contributed by atoms with Crippen LogP contribution in [0.3, 0.4) is 0 Å². The van der Waals surface area contributed by atoms with Gasteiger partial charge in [-0.1, -0.05) is 43.5 Å². The molecule has 3 aromatic rings. The van der Waals surface area contributed by atoms with Gasteiger partial charge >= 0.3 is 5.97 Å². The number of sulfonamides is 1. The summed E-state index contributed by atoms with van der Waals surface area (Å²) in [6, 6.07) is 14.7. The smallest absolute Gasteiger partial charge is 0.358 e. The monoisotopic (exact) mass is 447 g/mol. The van der Waals surface area contributed by atoms with Crippen LogP contribution in [0.1, 0.15) is 36.7 Å². The van der Waals surface area contributed by atoms with Crippen LogP contribution in [0.2, 0.25) is 5.02 Å². The molecular formula is C21H22ClN3O4S. The molecule has 9 heteroatoms. The van der Waals surface area contributed by atoms with Crippen molar-refractivity contribution < 1.29 is 17.9 Å². The first-order valence-corrected chi connectivity index (χ1v) is 11.4. The quantitative estimate of drug-likeness (QED) is 0.412. The fourth-order valence-corrected chi connectivity index (χ4v) is 3.51. The first-order valence-electron chi connectivity index (χ1n) is 9.46. The van der Waals surface area contributed by atoms with Gasteiger partial charge in [-0.3, -0.25) is 0 Å². The first-order chi connectivity index (χ1) is 14.3. The van der Waals surface area contributed by atoms with E-state index in [1.54, 1.807) is 35.0 Å². The highest BCUT2D eigenvalue weighted by atomic mass is 35.5. The molecule has 0 aliphatic rings. The van der Waals surface area contributed by atoms with E-state index in [9.17, 15) is 13.2 Å². The molecule has 0 spiro atoms. The maximum Gasteiger partial charge on any atom is 0.358 e. The van der Waals surface area contributed by atoms with E-state index >= 15 is 0 Å². The standard InChI is InChI=1S/C21H22ClN3O4S/c1-2-3-4-13-29-21(26)19-14-20(15-5-7-16(22)8-6-15)25(24-19)17-9-11-18(12-10-17)30(23,27)28/h5-12,14H,2-4,13H2,1H3,(H2,23,27,28). The van der Waals surface area contributed by atoms with Crippen molar-refractivity contribution in [3.63, 3.8) is 0 Å². The molecule has 1 heterocycles. The van der Waals surface area contributed by atoms with Crippen LogP contribution in [0.4, 0.5) is 0 Å². The van der Waals surface area contributed by atoms with E-state index in [4.69, 9.17) is 21.5 Å². The Morgan fingerprint density at radius 1 is 1.10 bits per heavy atom. The molecule has 158 valence electrons. The van der Waals surface area contributed by atoms with Gasteiger partial charge < -0.3 is 4.74 Å². The lowest BCUT2D eigenvalue weighted by Gasteiger charge is -2.08. The van der Waals surface area contributed by atoms with Crippen LogP contribution < -0.4 is 5.14 Å². The highest BCUT2D eigenvalue weighted by Crippen LogP contribution is 2.26. The van der Waals surface area contributed by atoms with E-state index in [0.29, 0.717) is 23.0 Å². The zero-order chi connectivity index (χ0) is 21.7. The average Bonchev–Trinajstić information content (AvgIpc) is 3.16. The number of nitrogens with zero attached hydrogens (tertiary/aromatic N) is 2. The van der Waals surface area contributed by atoms with Crippen molar-refractivity contribution in [3.05, 3.63) is 65.3 Å². The number of rotatable bonds is 8. The van der Waals surface area contributed by atoms with Crippen molar-refractivity contribution >= 4 is 27.6 Å². The minimum Gasteiger partial charge on any atom is -0.461 e. The molecule has 1 aromatic heterocycles. The van der Waals surface area contributed by atoms with Crippen molar-refractivity contribution in [1.29, 1.82) is 0 Å². The van der Waals surface area contributed by atoms with Gasteiger partial charge in [0.15, 0.2) is 5.69 Å². The predicted octanol–water partition coefficient (Wildman–Crippen LogP) is 4.19. The average molecular weight is 448 g/mol. The summed E-state index contributed by atoms with van der Waals surface area (Å²) in [4.78, 5) is 12.4. The molecule has 0 aliphatic carbocycles. The predicted molar refractivity (Wildman–Crippen MR) is 115 cm³/mol.